The lowest BCUT2D eigenvalue weighted by molar-refractivity contribution is -0.108. The molecule has 1 heterocycles. The molecule has 192 valence electrons. The Morgan fingerprint density at radius 2 is 1.58 bits per heavy atom. The first-order chi connectivity index (χ1) is 18.2. The van der Waals surface area contributed by atoms with Gasteiger partial charge in [0.1, 0.15) is 0 Å². The molecule has 0 atom stereocenters. The molecule has 1 N–H and O–H groups in total. The third-order valence-electron chi connectivity index (χ3n) is 8.22. The van der Waals surface area contributed by atoms with Gasteiger partial charge in [0.15, 0.2) is 5.78 Å². The summed E-state index contributed by atoms with van der Waals surface area (Å²) in [6.45, 7) is 13.1. The van der Waals surface area contributed by atoms with Gasteiger partial charge in [-0.1, -0.05) is 120 Å². The molecule has 1 aliphatic carbocycles. The molecule has 0 saturated carbocycles. The van der Waals surface area contributed by atoms with Gasteiger partial charge in [-0.2, -0.15) is 0 Å². The molecular weight excluding hydrogens is 462 g/mol. The van der Waals surface area contributed by atoms with Crippen molar-refractivity contribution in [3.63, 3.8) is 0 Å². The van der Waals surface area contributed by atoms with E-state index in [9.17, 15) is 4.79 Å². The Hall–Kier alpha value is -3.83. The van der Waals surface area contributed by atoms with Gasteiger partial charge in [-0.3, -0.25) is 4.79 Å². The van der Waals surface area contributed by atoms with Gasteiger partial charge in [-0.05, 0) is 47.2 Å². The maximum atomic E-state index is 14.7. The Morgan fingerprint density at radius 1 is 0.921 bits per heavy atom. The summed E-state index contributed by atoms with van der Waals surface area (Å²) in [5.74, 6) is 7.05. The summed E-state index contributed by atoms with van der Waals surface area (Å²) in [5, 5.41) is 3.64. The van der Waals surface area contributed by atoms with Gasteiger partial charge in [0.05, 0.1) is 5.57 Å². The van der Waals surface area contributed by atoms with E-state index in [0.29, 0.717) is 0 Å². The number of rotatable bonds is 4. The van der Waals surface area contributed by atoms with Crippen LogP contribution in [0.3, 0.4) is 0 Å². The molecule has 2 aliphatic rings. The van der Waals surface area contributed by atoms with Crippen LogP contribution in [0.5, 0.6) is 0 Å². The first-order valence-corrected chi connectivity index (χ1v) is 13.7. The number of carbonyl (C=O) groups is 1. The van der Waals surface area contributed by atoms with E-state index in [1.807, 2.05) is 18.2 Å². The molecule has 3 aromatic carbocycles. The van der Waals surface area contributed by atoms with Crippen molar-refractivity contribution in [1.29, 1.82) is 0 Å². The maximum absolute atomic E-state index is 14.7. The molecule has 0 unspecified atom stereocenters. The van der Waals surface area contributed by atoms with Gasteiger partial charge in [-0.15, -0.1) is 0 Å². The molecule has 0 saturated heterocycles. The monoisotopic (exact) mass is 499 g/mol. The number of benzene rings is 3. The summed E-state index contributed by atoms with van der Waals surface area (Å²) >= 11 is 0. The van der Waals surface area contributed by atoms with Crippen molar-refractivity contribution < 1.29 is 4.79 Å². The third-order valence-corrected chi connectivity index (χ3v) is 8.22. The first-order valence-electron chi connectivity index (χ1n) is 13.7. The van der Waals surface area contributed by atoms with Gasteiger partial charge >= 0.3 is 0 Å². The van der Waals surface area contributed by atoms with Crippen LogP contribution in [0, 0.1) is 18.8 Å². The second kappa shape index (κ2) is 9.80. The Balaban J connectivity index is 1.79. The zero-order valence-electron chi connectivity index (χ0n) is 23.5. The van der Waals surface area contributed by atoms with Crippen LogP contribution in [0.2, 0.25) is 0 Å². The molecule has 0 bridgehead atoms. The number of allylic oxidation sites excluding steroid dienone is 4. The number of para-hydroxylation sites is 1. The highest BCUT2D eigenvalue weighted by Gasteiger charge is 2.44. The lowest BCUT2D eigenvalue weighted by Gasteiger charge is -2.29. The summed E-state index contributed by atoms with van der Waals surface area (Å²) in [6.07, 6.45) is 2.97. The summed E-state index contributed by atoms with van der Waals surface area (Å²) in [7, 11) is 0. The van der Waals surface area contributed by atoms with Crippen molar-refractivity contribution in [2.45, 2.75) is 71.6 Å². The highest BCUT2D eigenvalue weighted by molar-refractivity contribution is 6.49. The second-order valence-electron chi connectivity index (χ2n) is 11.5. The van der Waals surface area contributed by atoms with Crippen molar-refractivity contribution in [3.05, 3.63) is 112 Å². The lowest BCUT2D eigenvalue weighted by atomic mass is 9.73. The van der Waals surface area contributed by atoms with E-state index < -0.39 is 5.41 Å². The van der Waals surface area contributed by atoms with Gasteiger partial charge in [-0.25, -0.2) is 0 Å². The number of anilines is 1. The SMILES string of the molecule is CCCCC#C/C(=C1/C(=O)/C(=C2/Nc3ccccc3C2(C)C)c2ccccc21)C(C)(C)c1ccccc1C. The molecule has 38 heavy (non-hydrogen) atoms. The Labute approximate surface area is 227 Å². The average Bonchev–Trinajstić information content (AvgIpc) is 3.33. The molecule has 0 amide bonds. The number of nitrogens with one attached hydrogen (secondary N) is 1. The number of Topliss-reactive ketones (excluding diaryl/α,β-unsaturated/α-hetero) is 1. The van der Waals surface area contributed by atoms with Crippen molar-refractivity contribution in [1.82, 2.24) is 0 Å². The van der Waals surface area contributed by atoms with E-state index in [-0.39, 0.29) is 11.2 Å². The van der Waals surface area contributed by atoms with Crippen molar-refractivity contribution in [3.8, 4) is 11.8 Å². The van der Waals surface area contributed by atoms with Crippen LogP contribution in [-0.2, 0) is 15.6 Å². The maximum Gasteiger partial charge on any atom is 0.197 e. The van der Waals surface area contributed by atoms with E-state index in [4.69, 9.17) is 0 Å². The van der Waals surface area contributed by atoms with Crippen molar-refractivity contribution in [2.75, 3.05) is 5.32 Å². The number of hydrogen-bond acceptors (Lipinski definition) is 2. The van der Waals surface area contributed by atoms with Crippen molar-refractivity contribution >= 4 is 22.6 Å². The predicted octanol–water partition coefficient (Wildman–Crippen LogP) is 8.62. The minimum absolute atomic E-state index is 0.0658. The molecule has 0 fully saturated rings. The van der Waals surface area contributed by atoms with Gasteiger partial charge in [0.25, 0.3) is 0 Å². The summed E-state index contributed by atoms with van der Waals surface area (Å²) < 4.78 is 0. The zero-order valence-corrected chi connectivity index (χ0v) is 23.5. The molecule has 2 heteroatoms. The van der Waals surface area contributed by atoms with E-state index in [1.165, 1.54) is 16.7 Å². The van der Waals surface area contributed by atoms with Gasteiger partial charge in [0, 0.05) is 39.8 Å². The molecule has 0 radical (unpaired) electrons. The topological polar surface area (TPSA) is 29.1 Å². The number of carbonyl (C=O) groups excluding carboxylic acids is 1. The molecule has 5 rings (SSSR count). The Morgan fingerprint density at radius 3 is 2.29 bits per heavy atom. The van der Waals surface area contributed by atoms with E-state index in [1.54, 1.807) is 0 Å². The minimum Gasteiger partial charge on any atom is -0.357 e. The molecule has 0 aromatic heterocycles. The zero-order chi connectivity index (χ0) is 27.1. The van der Waals surface area contributed by atoms with Crippen LogP contribution < -0.4 is 5.32 Å². The fourth-order valence-electron chi connectivity index (χ4n) is 6.08. The van der Waals surface area contributed by atoms with Gasteiger partial charge in [0.2, 0.25) is 0 Å². The van der Waals surface area contributed by atoms with E-state index >= 15 is 0 Å². The molecular formula is C36H37NO. The number of hydrogen-bond donors (Lipinski definition) is 1. The van der Waals surface area contributed by atoms with Crippen LogP contribution >= 0.6 is 0 Å². The lowest BCUT2D eigenvalue weighted by Crippen LogP contribution is -2.24. The summed E-state index contributed by atoms with van der Waals surface area (Å²) in [4.78, 5) is 14.7. The molecule has 0 spiro atoms. The average molecular weight is 500 g/mol. The van der Waals surface area contributed by atoms with Crippen LogP contribution in [-0.4, -0.2) is 5.78 Å². The van der Waals surface area contributed by atoms with Crippen LogP contribution in [0.1, 0.15) is 81.7 Å². The fourth-order valence-corrected chi connectivity index (χ4v) is 6.08. The number of unbranched alkanes of at least 4 members (excludes halogenated alkanes) is 2. The number of ketones is 1. The minimum atomic E-state index is -0.440. The summed E-state index contributed by atoms with van der Waals surface area (Å²) in [6, 6.07) is 25.1. The molecule has 2 nitrogen and oxygen atoms in total. The van der Waals surface area contributed by atoms with E-state index in [0.717, 1.165) is 58.5 Å². The standard InChI is InChI=1S/C36H37NO/c1-7-8-9-10-22-29(35(3,4)27-20-14-11-17-24(27)2)31-25-18-12-13-19-26(25)32(33(31)38)34-36(5,6)28-21-15-16-23-30(28)37-34/h11-21,23,37H,7-9H2,1-6H3/b31-29-,34-32+. The normalized spacial score (nSPS) is 18.8. The summed E-state index contributed by atoms with van der Waals surface area (Å²) in [5.41, 5.74) is 9.30. The second-order valence-corrected chi connectivity index (χ2v) is 11.5. The van der Waals surface area contributed by atoms with Gasteiger partial charge < -0.3 is 5.32 Å². The Kier molecular flexibility index (Phi) is 6.66. The quantitative estimate of drug-likeness (QED) is 0.221. The smallest absolute Gasteiger partial charge is 0.197 e. The molecule has 1 aliphatic heterocycles. The Bertz CT molecular complexity index is 1550. The highest BCUT2D eigenvalue weighted by Crippen LogP contribution is 2.51. The number of fused-ring (bicyclic) bond motifs is 2. The fraction of sp³-hybridized carbons (Fsp3) is 0.306. The van der Waals surface area contributed by atoms with Crippen molar-refractivity contribution in [2.24, 2.45) is 0 Å². The number of aryl methyl sites for hydroxylation is 1. The van der Waals surface area contributed by atoms with Crippen LogP contribution in [0.4, 0.5) is 5.69 Å². The van der Waals surface area contributed by atoms with E-state index in [2.05, 4.69) is 113 Å². The predicted molar refractivity (Wildman–Crippen MR) is 160 cm³/mol. The highest BCUT2D eigenvalue weighted by atomic mass is 16.1. The van der Waals surface area contributed by atoms with Crippen LogP contribution in [0.25, 0.3) is 11.1 Å². The third kappa shape index (κ3) is 4.11. The largest absolute Gasteiger partial charge is 0.357 e. The first kappa shape index (κ1) is 25.8. The van der Waals surface area contributed by atoms with Crippen LogP contribution in [0.15, 0.2) is 84.1 Å². The molecule has 3 aromatic rings.